The number of hydrogen-bond donors (Lipinski definition) is 2. The van der Waals surface area contributed by atoms with Crippen molar-refractivity contribution < 1.29 is 9.53 Å². The van der Waals surface area contributed by atoms with Gasteiger partial charge < -0.3 is 15.8 Å². The van der Waals surface area contributed by atoms with Gasteiger partial charge in [-0.25, -0.2) is 4.98 Å². The molecule has 23 heavy (non-hydrogen) atoms. The van der Waals surface area contributed by atoms with Gasteiger partial charge in [-0.15, -0.1) is 0 Å². The summed E-state index contributed by atoms with van der Waals surface area (Å²) in [5, 5.41) is 3.21. The monoisotopic (exact) mass is 325 g/mol. The average molecular weight is 325 g/mol. The van der Waals surface area contributed by atoms with Crippen LogP contribution in [0, 0.1) is 0 Å². The van der Waals surface area contributed by atoms with E-state index in [9.17, 15) is 4.79 Å². The van der Waals surface area contributed by atoms with Crippen LogP contribution in [0.3, 0.4) is 0 Å². The maximum Gasteiger partial charge on any atom is 0.268 e. The van der Waals surface area contributed by atoms with Crippen molar-refractivity contribution in [3.63, 3.8) is 0 Å². The van der Waals surface area contributed by atoms with Crippen LogP contribution in [0.15, 0.2) is 54.6 Å². The molecule has 5 nitrogen and oxygen atoms in total. The molecule has 0 saturated heterocycles. The number of thiazole rings is 1. The fourth-order valence-electron chi connectivity index (χ4n) is 2.17. The van der Waals surface area contributed by atoms with Gasteiger partial charge in [0, 0.05) is 17.3 Å². The van der Waals surface area contributed by atoms with Gasteiger partial charge in [0.2, 0.25) is 0 Å². The molecule has 0 aliphatic rings. The highest BCUT2D eigenvalue weighted by atomic mass is 32.1. The first-order valence-electron chi connectivity index (χ1n) is 6.94. The van der Waals surface area contributed by atoms with Gasteiger partial charge in [0.05, 0.1) is 12.8 Å². The summed E-state index contributed by atoms with van der Waals surface area (Å²) in [5.41, 5.74) is 7.90. The molecule has 0 bridgehead atoms. The maximum atomic E-state index is 12.6. The van der Waals surface area contributed by atoms with E-state index in [0.717, 1.165) is 5.56 Å². The smallest absolute Gasteiger partial charge is 0.268 e. The van der Waals surface area contributed by atoms with Crippen LogP contribution >= 0.6 is 11.3 Å². The topological polar surface area (TPSA) is 77.2 Å². The van der Waals surface area contributed by atoms with Crippen LogP contribution in [0.4, 0.5) is 10.8 Å². The van der Waals surface area contributed by atoms with Gasteiger partial charge in [0.15, 0.2) is 5.13 Å². The molecule has 1 aromatic heterocycles. The van der Waals surface area contributed by atoms with Gasteiger partial charge in [-0.3, -0.25) is 4.79 Å². The fraction of sp³-hybridized carbons (Fsp3) is 0.0588. The number of amides is 1. The van der Waals surface area contributed by atoms with Gasteiger partial charge in [0.25, 0.3) is 5.91 Å². The highest BCUT2D eigenvalue weighted by Crippen LogP contribution is 2.30. The fourth-order valence-corrected chi connectivity index (χ4v) is 2.92. The van der Waals surface area contributed by atoms with Crippen molar-refractivity contribution in [2.24, 2.45) is 0 Å². The standard InChI is InChI=1S/C17H15N3O2S/c1-22-13-9-5-8-12(10-13)19-16(21)15-14(20-17(18)23-15)11-6-3-2-4-7-11/h2-10H,1H3,(H2,18,20)(H,19,21). The van der Waals surface area contributed by atoms with E-state index in [1.54, 1.807) is 19.2 Å². The summed E-state index contributed by atoms with van der Waals surface area (Å²) in [6.07, 6.45) is 0. The van der Waals surface area contributed by atoms with Crippen LogP contribution in [0.25, 0.3) is 11.3 Å². The second-order valence-corrected chi connectivity index (χ2v) is 5.81. The van der Waals surface area contributed by atoms with Crippen LogP contribution in [0.2, 0.25) is 0 Å². The van der Waals surface area contributed by atoms with E-state index < -0.39 is 0 Å². The molecule has 0 aliphatic heterocycles. The quantitative estimate of drug-likeness (QED) is 0.767. The minimum Gasteiger partial charge on any atom is -0.497 e. The SMILES string of the molecule is COc1cccc(NC(=O)c2sc(N)nc2-c2ccccc2)c1. The number of nitrogens with two attached hydrogens (primary N) is 1. The zero-order valence-electron chi connectivity index (χ0n) is 12.4. The molecule has 0 saturated carbocycles. The van der Waals surface area contributed by atoms with Gasteiger partial charge in [-0.05, 0) is 12.1 Å². The van der Waals surface area contributed by atoms with Crippen LogP contribution in [0.5, 0.6) is 5.75 Å². The molecule has 0 unspecified atom stereocenters. The molecule has 3 N–H and O–H groups in total. The number of rotatable bonds is 4. The number of carbonyl (C=O) groups excluding carboxylic acids is 1. The molecule has 3 aromatic rings. The van der Waals surface area contributed by atoms with Crippen molar-refractivity contribution in [3.05, 3.63) is 59.5 Å². The van der Waals surface area contributed by atoms with Crippen molar-refractivity contribution in [1.82, 2.24) is 4.98 Å². The summed E-state index contributed by atoms with van der Waals surface area (Å²) >= 11 is 1.17. The molecule has 0 spiro atoms. The Kier molecular flexibility index (Phi) is 4.25. The zero-order valence-corrected chi connectivity index (χ0v) is 13.3. The molecule has 0 aliphatic carbocycles. The zero-order chi connectivity index (χ0) is 16.2. The van der Waals surface area contributed by atoms with Gasteiger partial charge in [-0.2, -0.15) is 0 Å². The number of ether oxygens (including phenoxy) is 1. The van der Waals surface area contributed by atoms with E-state index in [0.29, 0.717) is 27.1 Å². The predicted octanol–water partition coefficient (Wildman–Crippen LogP) is 3.65. The van der Waals surface area contributed by atoms with Gasteiger partial charge in [0.1, 0.15) is 10.6 Å². The summed E-state index contributed by atoms with van der Waals surface area (Å²) in [6.45, 7) is 0. The van der Waals surface area contributed by atoms with Crippen molar-refractivity contribution in [1.29, 1.82) is 0 Å². The first-order chi connectivity index (χ1) is 11.2. The molecule has 116 valence electrons. The third-order valence-corrected chi connectivity index (χ3v) is 4.11. The maximum absolute atomic E-state index is 12.6. The van der Waals surface area contributed by atoms with E-state index in [1.807, 2.05) is 42.5 Å². The highest BCUT2D eigenvalue weighted by Gasteiger charge is 2.18. The Morgan fingerprint density at radius 2 is 1.96 bits per heavy atom. The molecule has 2 aromatic carbocycles. The Hall–Kier alpha value is -2.86. The van der Waals surface area contributed by atoms with Crippen LogP contribution in [0.1, 0.15) is 9.67 Å². The normalized spacial score (nSPS) is 10.3. The second kappa shape index (κ2) is 6.50. The lowest BCUT2D eigenvalue weighted by Gasteiger charge is -2.07. The van der Waals surface area contributed by atoms with Crippen molar-refractivity contribution in [3.8, 4) is 17.0 Å². The Labute approximate surface area is 137 Å². The molecule has 6 heteroatoms. The number of nitrogen functional groups attached to an aromatic ring is 1. The largest absolute Gasteiger partial charge is 0.497 e. The van der Waals surface area contributed by atoms with Crippen LogP contribution < -0.4 is 15.8 Å². The Bertz CT molecular complexity index is 831. The van der Waals surface area contributed by atoms with Crippen molar-refractivity contribution >= 4 is 28.1 Å². The number of hydrogen-bond acceptors (Lipinski definition) is 5. The van der Waals surface area contributed by atoms with Crippen LogP contribution in [-0.2, 0) is 0 Å². The number of nitrogens with one attached hydrogen (secondary N) is 1. The van der Waals surface area contributed by atoms with E-state index in [1.165, 1.54) is 11.3 Å². The van der Waals surface area contributed by atoms with Gasteiger partial charge >= 0.3 is 0 Å². The van der Waals surface area contributed by atoms with Crippen molar-refractivity contribution in [2.75, 3.05) is 18.2 Å². The highest BCUT2D eigenvalue weighted by molar-refractivity contribution is 7.17. The van der Waals surface area contributed by atoms with E-state index in [-0.39, 0.29) is 5.91 Å². The number of anilines is 2. The number of aromatic nitrogens is 1. The molecule has 0 atom stereocenters. The predicted molar refractivity (Wildman–Crippen MR) is 92.9 cm³/mol. The third kappa shape index (κ3) is 3.32. The molecule has 0 fully saturated rings. The molecule has 0 radical (unpaired) electrons. The second-order valence-electron chi connectivity index (χ2n) is 4.78. The Morgan fingerprint density at radius 1 is 1.17 bits per heavy atom. The lowest BCUT2D eigenvalue weighted by molar-refractivity contribution is 0.103. The van der Waals surface area contributed by atoms with E-state index in [2.05, 4.69) is 10.3 Å². The van der Waals surface area contributed by atoms with Gasteiger partial charge in [-0.1, -0.05) is 47.7 Å². The lowest BCUT2D eigenvalue weighted by atomic mass is 10.1. The average Bonchev–Trinajstić information content (AvgIpc) is 2.98. The summed E-state index contributed by atoms with van der Waals surface area (Å²) in [5.74, 6) is 0.432. The third-order valence-electron chi connectivity index (χ3n) is 3.22. The first-order valence-corrected chi connectivity index (χ1v) is 7.76. The minimum atomic E-state index is -0.244. The molecular weight excluding hydrogens is 310 g/mol. The molecule has 1 amide bonds. The van der Waals surface area contributed by atoms with Crippen LogP contribution in [-0.4, -0.2) is 18.0 Å². The summed E-state index contributed by atoms with van der Waals surface area (Å²) < 4.78 is 5.16. The number of benzene rings is 2. The Morgan fingerprint density at radius 3 is 2.70 bits per heavy atom. The summed E-state index contributed by atoms with van der Waals surface area (Å²) in [4.78, 5) is 17.4. The lowest BCUT2D eigenvalue weighted by Crippen LogP contribution is -2.11. The van der Waals surface area contributed by atoms with Crippen molar-refractivity contribution in [2.45, 2.75) is 0 Å². The van der Waals surface area contributed by atoms with E-state index >= 15 is 0 Å². The minimum absolute atomic E-state index is 0.244. The Balaban J connectivity index is 1.91. The molecule has 3 rings (SSSR count). The summed E-state index contributed by atoms with van der Waals surface area (Å²) in [7, 11) is 1.58. The van der Waals surface area contributed by atoms with E-state index in [4.69, 9.17) is 10.5 Å². The number of methoxy groups -OCH3 is 1. The summed E-state index contributed by atoms with van der Waals surface area (Å²) in [6, 6.07) is 16.7. The molecule has 1 heterocycles. The molecular formula is C17H15N3O2S. The number of nitrogens with zero attached hydrogens (tertiary/aromatic N) is 1. The first kappa shape index (κ1) is 15.1. The number of carbonyl (C=O) groups is 1.